The van der Waals surface area contributed by atoms with Crippen molar-refractivity contribution in [2.24, 2.45) is 0 Å². The number of aromatic amines is 1. The van der Waals surface area contributed by atoms with Gasteiger partial charge in [-0.1, -0.05) is 12.1 Å². The van der Waals surface area contributed by atoms with E-state index in [4.69, 9.17) is 11.0 Å². The number of carbonyl (C=O) groups is 1. The van der Waals surface area contributed by atoms with Gasteiger partial charge in [0.05, 0.1) is 11.6 Å². The zero-order valence-corrected chi connectivity index (χ0v) is 10.3. The predicted molar refractivity (Wildman–Crippen MR) is 67.7 cm³/mol. The van der Waals surface area contributed by atoms with E-state index in [0.29, 0.717) is 12.1 Å². The van der Waals surface area contributed by atoms with Gasteiger partial charge in [0.2, 0.25) is 11.8 Å². The first-order chi connectivity index (χ1) is 9.10. The number of amides is 1. The molecule has 3 N–H and O–H groups in total. The summed E-state index contributed by atoms with van der Waals surface area (Å²) in [6.07, 6.45) is 0. The van der Waals surface area contributed by atoms with Crippen molar-refractivity contribution in [1.29, 1.82) is 5.26 Å². The van der Waals surface area contributed by atoms with E-state index in [1.807, 2.05) is 6.07 Å². The third kappa shape index (κ3) is 2.87. The Morgan fingerprint density at radius 2 is 2.16 bits per heavy atom. The van der Waals surface area contributed by atoms with Gasteiger partial charge in [0.1, 0.15) is 0 Å². The van der Waals surface area contributed by atoms with Crippen LogP contribution in [0.15, 0.2) is 24.3 Å². The Balaban J connectivity index is 2.06. The number of carbonyl (C=O) groups excluding carboxylic acids is 1. The molecule has 7 heteroatoms. The maximum absolute atomic E-state index is 12.0. The Bertz CT molecular complexity index is 624. The van der Waals surface area contributed by atoms with Gasteiger partial charge < -0.3 is 10.6 Å². The minimum Gasteiger partial charge on any atom is -0.366 e. The van der Waals surface area contributed by atoms with E-state index >= 15 is 0 Å². The molecule has 1 aromatic carbocycles. The van der Waals surface area contributed by atoms with Crippen molar-refractivity contribution in [3.05, 3.63) is 41.2 Å². The fourth-order valence-corrected chi connectivity index (χ4v) is 1.58. The summed E-state index contributed by atoms with van der Waals surface area (Å²) in [5.74, 6) is -0.155. The fraction of sp³-hybridized carbons (Fsp3) is 0.167. The summed E-state index contributed by atoms with van der Waals surface area (Å²) in [5.41, 5.74) is 6.85. The molecule has 1 heterocycles. The van der Waals surface area contributed by atoms with Crippen molar-refractivity contribution in [1.82, 2.24) is 20.1 Å². The number of benzene rings is 1. The summed E-state index contributed by atoms with van der Waals surface area (Å²) in [6.45, 7) is 0.408. The molecule has 0 fully saturated rings. The Morgan fingerprint density at radius 3 is 2.68 bits per heavy atom. The van der Waals surface area contributed by atoms with Crippen LogP contribution in [0.4, 0.5) is 5.95 Å². The van der Waals surface area contributed by atoms with Crippen molar-refractivity contribution in [2.45, 2.75) is 6.54 Å². The topological polar surface area (TPSA) is 112 Å². The normalized spacial score (nSPS) is 9.89. The highest BCUT2D eigenvalue weighted by molar-refractivity contribution is 5.90. The van der Waals surface area contributed by atoms with E-state index in [1.54, 1.807) is 31.3 Å². The number of H-pyrrole nitrogens is 1. The average molecular weight is 256 g/mol. The smallest absolute Gasteiger partial charge is 0.291 e. The molecule has 19 heavy (non-hydrogen) atoms. The van der Waals surface area contributed by atoms with Crippen molar-refractivity contribution in [3.8, 4) is 6.07 Å². The summed E-state index contributed by atoms with van der Waals surface area (Å²) in [6, 6.07) is 9.06. The summed E-state index contributed by atoms with van der Waals surface area (Å²) in [5, 5.41) is 14.8. The number of nitrogens with zero attached hydrogens (tertiary/aromatic N) is 4. The second-order valence-electron chi connectivity index (χ2n) is 4.01. The third-order valence-electron chi connectivity index (χ3n) is 2.55. The SMILES string of the molecule is CN(Cc1ccc(C#N)cc1)C(=O)c1nc(N)n[nH]1. The van der Waals surface area contributed by atoms with Crippen LogP contribution in [0.3, 0.4) is 0 Å². The first-order valence-electron chi connectivity index (χ1n) is 5.52. The van der Waals surface area contributed by atoms with Crippen molar-refractivity contribution in [2.75, 3.05) is 12.8 Å². The van der Waals surface area contributed by atoms with Gasteiger partial charge in [0.15, 0.2) is 0 Å². The maximum atomic E-state index is 12.0. The molecule has 96 valence electrons. The van der Waals surface area contributed by atoms with Gasteiger partial charge in [-0.25, -0.2) is 0 Å². The maximum Gasteiger partial charge on any atom is 0.291 e. The molecule has 1 amide bonds. The molecule has 0 aliphatic rings. The van der Waals surface area contributed by atoms with Crippen LogP contribution in [0.1, 0.15) is 21.7 Å². The molecule has 0 aliphatic carbocycles. The van der Waals surface area contributed by atoms with Crippen molar-refractivity contribution >= 4 is 11.9 Å². The predicted octanol–water partition coefficient (Wildman–Crippen LogP) is 0.531. The molecule has 0 radical (unpaired) electrons. The Morgan fingerprint density at radius 1 is 1.47 bits per heavy atom. The minimum atomic E-state index is -0.298. The van der Waals surface area contributed by atoms with Crippen LogP contribution in [-0.4, -0.2) is 33.0 Å². The fourth-order valence-electron chi connectivity index (χ4n) is 1.58. The van der Waals surface area contributed by atoms with Gasteiger partial charge in [-0.2, -0.15) is 10.2 Å². The molecule has 0 atom stereocenters. The number of rotatable bonds is 3. The lowest BCUT2D eigenvalue weighted by atomic mass is 10.1. The van der Waals surface area contributed by atoms with Crippen LogP contribution in [0, 0.1) is 11.3 Å². The molecule has 0 saturated carbocycles. The molecular formula is C12H12N6O. The largest absolute Gasteiger partial charge is 0.366 e. The van der Waals surface area contributed by atoms with E-state index in [1.165, 1.54) is 4.90 Å². The molecule has 0 bridgehead atoms. The van der Waals surface area contributed by atoms with Gasteiger partial charge in [-0.3, -0.25) is 9.89 Å². The van der Waals surface area contributed by atoms with Crippen LogP contribution in [0.5, 0.6) is 0 Å². The summed E-state index contributed by atoms with van der Waals surface area (Å²) in [7, 11) is 1.65. The van der Waals surface area contributed by atoms with E-state index in [-0.39, 0.29) is 17.7 Å². The number of hydrogen-bond donors (Lipinski definition) is 2. The van der Waals surface area contributed by atoms with Gasteiger partial charge in [-0.15, -0.1) is 5.10 Å². The average Bonchev–Trinajstić information content (AvgIpc) is 2.85. The Kier molecular flexibility index (Phi) is 3.43. The van der Waals surface area contributed by atoms with E-state index in [9.17, 15) is 4.79 Å². The number of nitrogens with one attached hydrogen (secondary N) is 1. The summed E-state index contributed by atoms with van der Waals surface area (Å²) >= 11 is 0. The van der Waals surface area contributed by atoms with Crippen molar-refractivity contribution < 1.29 is 4.79 Å². The minimum absolute atomic E-state index is 0.0372. The zero-order valence-electron chi connectivity index (χ0n) is 10.3. The lowest BCUT2D eigenvalue weighted by Gasteiger charge is -2.15. The number of nitriles is 1. The Labute approximate surface area is 109 Å². The highest BCUT2D eigenvalue weighted by Crippen LogP contribution is 2.08. The molecule has 1 aromatic heterocycles. The van der Waals surface area contributed by atoms with Gasteiger partial charge in [-0.05, 0) is 17.7 Å². The zero-order chi connectivity index (χ0) is 13.8. The van der Waals surface area contributed by atoms with Crippen LogP contribution in [0.2, 0.25) is 0 Å². The van der Waals surface area contributed by atoms with Crippen LogP contribution >= 0.6 is 0 Å². The molecular weight excluding hydrogens is 244 g/mol. The van der Waals surface area contributed by atoms with E-state index < -0.39 is 0 Å². The quantitative estimate of drug-likeness (QED) is 0.831. The molecule has 0 spiro atoms. The number of hydrogen-bond acceptors (Lipinski definition) is 5. The number of nitrogens with two attached hydrogens (primary N) is 1. The van der Waals surface area contributed by atoms with Gasteiger partial charge >= 0.3 is 0 Å². The number of aromatic nitrogens is 3. The number of nitrogen functional groups attached to an aromatic ring is 1. The highest BCUT2D eigenvalue weighted by atomic mass is 16.2. The van der Waals surface area contributed by atoms with Crippen LogP contribution in [0.25, 0.3) is 0 Å². The van der Waals surface area contributed by atoms with Crippen LogP contribution in [-0.2, 0) is 6.54 Å². The lowest BCUT2D eigenvalue weighted by molar-refractivity contribution is 0.0773. The standard InChI is InChI=1S/C12H12N6O/c1-18(11(19)10-15-12(14)17-16-10)7-9-4-2-8(6-13)3-5-9/h2-5H,7H2,1H3,(H3,14,15,16,17). The number of anilines is 1. The molecule has 0 unspecified atom stereocenters. The first-order valence-corrected chi connectivity index (χ1v) is 5.52. The van der Waals surface area contributed by atoms with Gasteiger partial charge in [0, 0.05) is 13.6 Å². The first kappa shape index (κ1) is 12.6. The molecule has 2 rings (SSSR count). The molecule has 2 aromatic rings. The third-order valence-corrected chi connectivity index (χ3v) is 2.55. The molecule has 0 aliphatic heterocycles. The summed E-state index contributed by atoms with van der Waals surface area (Å²) in [4.78, 5) is 17.2. The lowest BCUT2D eigenvalue weighted by Crippen LogP contribution is -2.27. The molecule has 0 saturated heterocycles. The monoisotopic (exact) mass is 256 g/mol. The summed E-state index contributed by atoms with van der Waals surface area (Å²) < 4.78 is 0. The second-order valence-corrected chi connectivity index (χ2v) is 4.01. The van der Waals surface area contributed by atoms with E-state index in [2.05, 4.69) is 15.2 Å². The second kappa shape index (κ2) is 5.18. The highest BCUT2D eigenvalue weighted by Gasteiger charge is 2.15. The van der Waals surface area contributed by atoms with Gasteiger partial charge in [0.25, 0.3) is 5.91 Å². The molecule has 7 nitrogen and oxygen atoms in total. The Hall–Kier alpha value is -2.88. The van der Waals surface area contributed by atoms with Crippen molar-refractivity contribution in [3.63, 3.8) is 0 Å². The van der Waals surface area contributed by atoms with E-state index in [0.717, 1.165) is 5.56 Å². The van der Waals surface area contributed by atoms with Crippen LogP contribution < -0.4 is 5.73 Å².